The highest BCUT2D eigenvalue weighted by Crippen LogP contribution is 2.39. The third-order valence-corrected chi connectivity index (χ3v) is 3.26. The maximum atomic E-state index is 5.50. The van der Waals surface area contributed by atoms with Crippen LogP contribution in [0, 0.1) is 0 Å². The lowest BCUT2D eigenvalue weighted by atomic mass is 10.1. The lowest BCUT2D eigenvalue weighted by Crippen LogP contribution is -2.40. The van der Waals surface area contributed by atoms with Crippen molar-refractivity contribution in [3.63, 3.8) is 0 Å². The fourth-order valence-electron chi connectivity index (χ4n) is 2.14. The molecule has 0 unspecified atom stereocenters. The highest BCUT2D eigenvalue weighted by Gasteiger charge is 2.32. The van der Waals surface area contributed by atoms with Crippen LogP contribution >= 0.6 is 0 Å². The monoisotopic (exact) mass is 220 g/mol. The van der Waals surface area contributed by atoms with Gasteiger partial charge in [-0.25, -0.2) is 0 Å². The molecule has 0 bridgehead atoms. The molecule has 0 saturated carbocycles. The summed E-state index contributed by atoms with van der Waals surface area (Å²) in [5.41, 5.74) is 2.34. The summed E-state index contributed by atoms with van der Waals surface area (Å²) in [7, 11) is 0. The number of hydrogen-bond acceptors (Lipinski definition) is 3. The molecule has 0 radical (unpaired) electrons. The molecule has 1 aromatic rings. The molecule has 0 spiro atoms. The molecule has 0 fully saturated rings. The Labute approximate surface area is 97.2 Å². The zero-order valence-electron chi connectivity index (χ0n) is 10.3. The fraction of sp³-hybridized carbons (Fsp3) is 0.538. The summed E-state index contributed by atoms with van der Waals surface area (Å²) in [5, 5.41) is 7.10. The second-order valence-corrected chi connectivity index (χ2v) is 4.18. The average Bonchev–Trinajstić information content (AvgIpc) is 2.68. The molecule has 1 heterocycles. The molecule has 0 aliphatic carbocycles. The van der Waals surface area contributed by atoms with Gasteiger partial charge in [-0.05, 0) is 31.9 Å². The number of ether oxygens (including phenoxy) is 1. The molecule has 3 nitrogen and oxygen atoms in total. The molecule has 2 rings (SSSR count). The second kappa shape index (κ2) is 4.24. The van der Waals surface area contributed by atoms with Gasteiger partial charge in [0.1, 0.15) is 11.4 Å². The first-order valence-electron chi connectivity index (χ1n) is 6.06. The van der Waals surface area contributed by atoms with Crippen LogP contribution in [0.4, 0.5) is 11.4 Å². The van der Waals surface area contributed by atoms with Gasteiger partial charge in [-0.2, -0.15) is 0 Å². The van der Waals surface area contributed by atoms with Crippen LogP contribution in [-0.2, 0) is 0 Å². The Morgan fingerprint density at radius 2 is 1.75 bits per heavy atom. The lowest BCUT2D eigenvalue weighted by Gasteiger charge is -2.28. The summed E-state index contributed by atoms with van der Waals surface area (Å²) in [6.07, 6.45) is 2.12. The zero-order chi connectivity index (χ0) is 11.6. The van der Waals surface area contributed by atoms with Crippen molar-refractivity contribution < 1.29 is 4.74 Å². The quantitative estimate of drug-likeness (QED) is 0.815. The van der Waals surface area contributed by atoms with Crippen LogP contribution in [0.2, 0.25) is 0 Å². The molecule has 0 saturated heterocycles. The van der Waals surface area contributed by atoms with Gasteiger partial charge in [0.05, 0.1) is 18.0 Å². The summed E-state index contributed by atoms with van der Waals surface area (Å²) in [4.78, 5) is 0. The van der Waals surface area contributed by atoms with Crippen molar-refractivity contribution >= 4 is 11.4 Å². The molecule has 0 amide bonds. The topological polar surface area (TPSA) is 33.3 Å². The summed E-state index contributed by atoms with van der Waals surface area (Å²) in [6.45, 7) is 7.10. The molecule has 88 valence electrons. The standard InChI is InChI=1S/C13H20N2O/c1-4-13(5-2)14-11-8-7-10(16-6-3)9-12(11)15-13/h7-9,14-15H,4-6H2,1-3H3. The number of benzene rings is 1. The number of rotatable bonds is 4. The first-order valence-corrected chi connectivity index (χ1v) is 6.06. The number of hydrogen-bond donors (Lipinski definition) is 2. The van der Waals surface area contributed by atoms with E-state index in [-0.39, 0.29) is 5.66 Å². The van der Waals surface area contributed by atoms with Gasteiger partial charge < -0.3 is 15.4 Å². The molecule has 16 heavy (non-hydrogen) atoms. The highest BCUT2D eigenvalue weighted by molar-refractivity contribution is 5.77. The number of nitrogens with one attached hydrogen (secondary N) is 2. The maximum Gasteiger partial charge on any atom is 0.121 e. The molecule has 3 heteroatoms. The predicted octanol–water partition coefficient (Wildman–Crippen LogP) is 3.44. The van der Waals surface area contributed by atoms with E-state index in [4.69, 9.17) is 4.74 Å². The first-order chi connectivity index (χ1) is 7.73. The highest BCUT2D eigenvalue weighted by atomic mass is 16.5. The third-order valence-electron chi connectivity index (χ3n) is 3.26. The van der Waals surface area contributed by atoms with E-state index in [1.165, 1.54) is 5.69 Å². The van der Waals surface area contributed by atoms with Gasteiger partial charge >= 0.3 is 0 Å². The summed E-state index contributed by atoms with van der Waals surface area (Å²) in [6, 6.07) is 6.16. The van der Waals surface area contributed by atoms with E-state index in [9.17, 15) is 0 Å². The molecule has 1 aliphatic heterocycles. The summed E-state index contributed by atoms with van der Waals surface area (Å²) >= 11 is 0. The summed E-state index contributed by atoms with van der Waals surface area (Å²) in [5.74, 6) is 0.929. The van der Waals surface area contributed by atoms with E-state index in [1.807, 2.05) is 13.0 Å². The minimum Gasteiger partial charge on any atom is -0.494 e. The van der Waals surface area contributed by atoms with E-state index in [2.05, 4.69) is 36.6 Å². The van der Waals surface area contributed by atoms with E-state index in [0.717, 1.165) is 24.3 Å². The van der Waals surface area contributed by atoms with Gasteiger partial charge in [-0.1, -0.05) is 13.8 Å². The van der Waals surface area contributed by atoms with Crippen LogP contribution < -0.4 is 15.4 Å². The minimum absolute atomic E-state index is 0.0210. The van der Waals surface area contributed by atoms with Crippen molar-refractivity contribution in [3.8, 4) is 5.75 Å². The van der Waals surface area contributed by atoms with Gasteiger partial charge in [0, 0.05) is 6.07 Å². The molecular formula is C13H20N2O. The predicted molar refractivity (Wildman–Crippen MR) is 68.2 cm³/mol. The van der Waals surface area contributed by atoms with Crippen molar-refractivity contribution in [2.75, 3.05) is 17.2 Å². The van der Waals surface area contributed by atoms with Crippen molar-refractivity contribution in [2.24, 2.45) is 0 Å². The number of anilines is 2. The average molecular weight is 220 g/mol. The molecule has 1 aromatic carbocycles. The molecule has 0 atom stereocenters. The van der Waals surface area contributed by atoms with Gasteiger partial charge in [0.25, 0.3) is 0 Å². The molecular weight excluding hydrogens is 200 g/mol. The van der Waals surface area contributed by atoms with E-state index in [0.29, 0.717) is 6.61 Å². The van der Waals surface area contributed by atoms with Crippen molar-refractivity contribution in [3.05, 3.63) is 18.2 Å². The van der Waals surface area contributed by atoms with E-state index >= 15 is 0 Å². The Morgan fingerprint density at radius 1 is 1.06 bits per heavy atom. The third kappa shape index (κ3) is 1.82. The summed E-state index contributed by atoms with van der Waals surface area (Å²) < 4.78 is 5.50. The normalized spacial score (nSPS) is 16.2. The Bertz CT molecular complexity index is 372. The van der Waals surface area contributed by atoms with Gasteiger partial charge in [-0.3, -0.25) is 0 Å². The van der Waals surface area contributed by atoms with Crippen molar-refractivity contribution in [1.29, 1.82) is 0 Å². The fourth-order valence-corrected chi connectivity index (χ4v) is 2.14. The van der Waals surface area contributed by atoms with Crippen molar-refractivity contribution in [2.45, 2.75) is 39.3 Å². The zero-order valence-corrected chi connectivity index (χ0v) is 10.3. The maximum absolute atomic E-state index is 5.50. The van der Waals surface area contributed by atoms with Crippen LogP contribution in [0.5, 0.6) is 5.75 Å². The van der Waals surface area contributed by atoms with Crippen LogP contribution in [0.25, 0.3) is 0 Å². The minimum atomic E-state index is 0.0210. The molecule has 0 aromatic heterocycles. The number of fused-ring (bicyclic) bond motifs is 1. The Kier molecular flexibility index (Phi) is 2.95. The Morgan fingerprint density at radius 3 is 2.38 bits per heavy atom. The van der Waals surface area contributed by atoms with Crippen LogP contribution in [-0.4, -0.2) is 12.3 Å². The van der Waals surface area contributed by atoms with E-state index in [1.54, 1.807) is 0 Å². The van der Waals surface area contributed by atoms with Gasteiger partial charge in [-0.15, -0.1) is 0 Å². The second-order valence-electron chi connectivity index (χ2n) is 4.18. The van der Waals surface area contributed by atoms with Gasteiger partial charge in [0.15, 0.2) is 0 Å². The van der Waals surface area contributed by atoms with Crippen LogP contribution in [0.3, 0.4) is 0 Å². The SMILES string of the molecule is CCOc1ccc2c(c1)NC(CC)(CC)N2. The lowest BCUT2D eigenvalue weighted by molar-refractivity contribution is 0.340. The molecule has 1 aliphatic rings. The first kappa shape index (κ1) is 11.1. The van der Waals surface area contributed by atoms with Crippen molar-refractivity contribution in [1.82, 2.24) is 0 Å². The smallest absolute Gasteiger partial charge is 0.121 e. The largest absolute Gasteiger partial charge is 0.494 e. The van der Waals surface area contributed by atoms with Gasteiger partial charge in [0.2, 0.25) is 0 Å². The Balaban J connectivity index is 2.23. The van der Waals surface area contributed by atoms with Crippen LogP contribution in [0.1, 0.15) is 33.6 Å². The van der Waals surface area contributed by atoms with E-state index < -0.39 is 0 Å². The Hall–Kier alpha value is -1.38. The molecule has 2 N–H and O–H groups in total. The van der Waals surface area contributed by atoms with Crippen LogP contribution in [0.15, 0.2) is 18.2 Å².